The number of hydrogen-bond acceptors (Lipinski definition) is 2. The van der Waals surface area contributed by atoms with Gasteiger partial charge in [-0.1, -0.05) is 18.6 Å². The van der Waals surface area contributed by atoms with E-state index in [1.54, 1.807) is 0 Å². The van der Waals surface area contributed by atoms with Gasteiger partial charge in [0.2, 0.25) is 0 Å². The zero-order chi connectivity index (χ0) is 11.7. The average molecular weight is 226 g/mol. The second-order valence-corrected chi connectivity index (χ2v) is 4.91. The van der Waals surface area contributed by atoms with E-state index in [0.717, 1.165) is 11.4 Å². The number of hydrogen-bond donors (Lipinski definition) is 1. The highest BCUT2D eigenvalue weighted by Gasteiger charge is 2.27. The summed E-state index contributed by atoms with van der Waals surface area (Å²) in [5, 5.41) is 4.70. The van der Waals surface area contributed by atoms with Crippen molar-refractivity contribution in [2.24, 2.45) is 5.92 Å². The SMILES string of the molecule is CNC(c1ccc2ncccc2c1)C1CCC1. The van der Waals surface area contributed by atoms with Crippen molar-refractivity contribution in [1.82, 2.24) is 10.3 Å². The number of aromatic nitrogens is 1. The van der Waals surface area contributed by atoms with Gasteiger partial charge in [-0.15, -0.1) is 0 Å². The monoisotopic (exact) mass is 226 g/mol. The smallest absolute Gasteiger partial charge is 0.0702 e. The van der Waals surface area contributed by atoms with Gasteiger partial charge in [0.1, 0.15) is 0 Å². The molecule has 1 unspecified atom stereocenters. The highest BCUT2D eigenvalue weighted by molar-refractivity contribution is 5.79. The predicted molar refractivity (Wildman–Crippen MR) is 70.9 cm³/mol. The molecular formula is C15H18N2. The van der Waals surface area contributed by atoms with Crippen molar-refractivity contribution in [3.8, 4) is 0 Å². The fourth-order valence-electron chi connectivity index (χ4n) is 2.74. The molecule has 2 nitrogen and oxygen atoms in total. The molecular weight excluding hydrogens is 208 g/mol. The lowest BCUT2D eigenvalue weighted by atomic mass is 9.77. The molecule has 1 saturated carbocycles. The van der Waals surface area contributed by atoms with Gasteiger partial charge in [-0.25, -0.2) is 0 Å². The Kier molecular flexibility index (Phi) is 2.81. The van der Waals surface area contributed by atoms with Gasteiger partial charge in [0.15, 0.2) is 0 Å². The van der Waals surface area contributed by atoms with Crippen LogP contribution in [0.5, 0.6) is 0 Å². The van der Waals surface area contributed by atoms with Crippen LogP contribution in [0.4, 0.5) is 0 Å². The van der Waals surface area contributed by atoms with Crippen LogP contribution in [0.25, 0.3) is 10.9 Å². The van der Waals surface area contributed by atoms with Gasteiger partial charge in [-0.05, 0) is 49.6 Å². The third kappa shape index (κ3) is 1.93. The summed E-state index contributed by atoms with van der Waals surface area (Å²) in [7, 11) is 2.07. The molecule has 1 fully saturated rings. The Morgan fingerprint density at radius 3 is 2.88 bits per heavy atom. The van der Waals surface area contributed by atoms with E-state index < -0.39 is 0 Å². The zero-order valence-electron chi connectivity index (χ0n) is 10.2. The van der Waals surface area contributed by atoms with Crippen LogP contribution in [0.15, 0.2) is 36.5 Å². The fourth-order valence-corrected chi connectivity index (χ4v) is 2.74. The Morgan fingerprint density at radius 1 is 1.29 bits per heavy atom. The third-order valence-corrected chi connectivity index (χ3v) is 3.92. The average Bonchev–Trinajstić information content (AvgIpc) is 2.33. The molecule has 88 valence electrons. The van der Waals surface area contributed by atoms with Crippen LogP contribution in [0.3, 0.4) is 0 Å². The van der Waals surface area contributed by atoms with Gasteiger partial charge < -0.3 is 5.32 Å². The molecule has 2 heteroatoms. The van der Waals surface area contributed by atoms with Crippen LogP contribution in [0, 0.1) is 5.92 Å². The van der Waals surface area contributed by atoms with Gasteiger partial charge >= 0.3 is 0 Å². The zero-order valence-corrected chi connectivity index (χ0v) is 10.2. The van der Waals surface area contributed by atoms with E-state index in [0.29, 0.717) is 6.04 Å². The molecule has 1 N–H and O–H groups in total. The van der Waals surface area contributed by atoms with E-state index in [2.05, 4.69) is 41.6 Å². The maximum absolute atomic E-state index is 4.37. The van der Waals surface area contributed by atoms with Crippen molar-refractivity contribution in [3.63, 3.8) is 0 Å². The summed E-state index contributed by atoms with van der Waals surface area (Å²) >= 11 is 0. The normalized spacial score (nSPS) is 17.9. The van der Waals surface area contributed by atoms with Gasteiger partial charge in [0.25, 0.3) is 0 Å². The summed E-state index contributed by atoms with van der Waals surface area (Å²) in [5.41, 5.74) is 2.48. The Morgan fingerprint density at radius 2 is 2.18 bits per heavy atom. The largest absolute Gasteiger partial charge is 0.313 e. The molecule has 0 saturated heterocycles. The van der Waals surface area contributed by atoms with Crippen LogP contribution in [-0.4, -0.2) is 12.0 Å². The van der Waals surface area contributed by atoms with E-state index in [-0.39, 0.29) is 0 Å². The van der Waals surface area contributed by atoms with E-state index in [4.69, 9.17) is 0 Å². The van der Waals surface area contributed by atoms with E-state index in [1.807, 2.05) is 12.3 Å². The number of pyridine rings is 1. The van der Waals surface area contributed by atoms with Crippen molar-refractivity contribution >= 4 is 10.9 Å². The number of rotatable bonds is 3. The minimum atomic E-state index is 0.508. The molecule has 0 radical (unpaired) electrons. The molecule has 17 heavy (non-hydrogen) atoms. The lowest BCUT2D eigenvalue weighted by Crippen LogP contribution is -2.29. The standard InChI is InChI=1S/C15H18N2/c1-16-15(11-4-2-5-11)13-7-8-14-12(10-13)6-3-9-17-14/h3,6-11,15-16H,2,4-5H2,1H3. The third-order valence-electron chi connectivity index (χ3n) is 3.92. The first-order valence-electron chi connectivity index (χ1n) is 6.40. The number of nitrogens with one attached hydrogen (secondary N) is 1. The Labute approximate surface area is 102 Å². The first kappa shape index (κ1) is 10.7. The number of benzene rings is 1. The topological polar surface area (TPSA) is 24.9 Å². The van der Waals surface area contributed by atoms with Crippen LogP contribution >= 0.6 is 0 Å². The second-order valence-electron chi connectivity index (χ2n) is 4.91. The van der Waals surface area contributed by atoms with Crippen molar-refractivity contribution in [3.05, 3.63) is 42.1 Å². The van der Waals surface area contributed by atoms with Crippen LogP contribution < -0.4 is 5.32 Å². The summed E-state index contributed by atoms with van der Waals surface area (Å²) in [5.74, 6) is 0.814. The molecule has 3 rings (SSSR count). The highest BCUT2D eigenvalue weighted by Crippen LogP contribution is 2.37. The number of fused-ring (bicyclic) bond motifs is 1. The molecule has 2 aromatic rings. The highest BCUT2D eigenvalue weighted by atomic mass is 14.9. The molecule has 1 aromatic carbocycles. The van der Waals surface area contributed by atoms with E-state index >= 15 is 0 Å². The number of nitrogens with zero attached hydrogens (tertiary/aromatic N) is 1. The molecule has 0 amide bonds. The molecule has 1 aromatic heterocycles. The van der Waals surface area contributed by atoms with Gasteiger partial charge in [0.05, 0.1) is 5.52 Å². The van der Waals surface area contributed by atoms with Gasteiger partial charge in [0, 0.05) is 17.6 Å². The van der Waals surface area contributed by atoms with Crippen molar-refractivity contribution in [1.29, 1.82) is 0 Å². The lowest BCUT2D eigenvalue weighted by Gasteiger charge is -2.34. The second kappa shape index (κ2) is 4.46. The van der Waals surface area contributed by atoms with Crippen LogP contribution in [-0.2, 0) is 0 Å². The Balaban J connectivity index is 1.98. The quantitative estimate of drug-likeness (QED) is 0.868. The van der Waals surface area contributed by atoms with E-state index in [9.17, 15) is 0 Å². The first-order chi connectivity index (χ1) is 8.38. The molecule has 1 aliphatic rings. The van der Waals surface area contributed by atoms with Crippen LogP contribution in [0.1, 0.15) is 30.9 Å². The Hall–Kier alpha value is -1.41. The summed E-state index contributed by atoms with van der Waals surface area (Å²) in [4.78, 5) is 4.37. The van der Waals surface area contributed by atoms with E-state index in [1.165, 1.54) is 30.2 Å². The molecule has 0 aliphatic heterocycles. The maximum atomic E-state index is 4.37. The fraction of sp³-hybridized carbons (Fsp3) is 0.400. The summed E-state index contributed by atoms with van der Waals surface area (Å²) in [6, 6.07) is 11.3. The first-order valence-corrected chi connectivity index (χ1v) is 6.40. The minimum absolute atomic E-state index is 0.508. The van der Waals surface area contributed by atoms with Gasteiger partial charge in [-0.3, -0.25) is 4.98 Å². The minimum Gasteiger partial charge on any atom is -0.313 e. The molecule has 0 spiro atoms. The molecule has 1 aliphatic carbocycles. The predicted octanol–water partition coefficient (Wildman–Crippen LogP) is 3.30. The van der Waals surface area contributed by atoms with Crippen molar-refractivity contribution in [2.45, 2.75) is 25.3 Å². The maximum Gasteiger partial charge on any atom is 0.0702 e. The molecule has 1 atom stereocenters. The van der Waals surface area contributed by atoms with Crippen molar-refractivity contribution in [2.75, 3.05) is 7.05 Å². The summed E-state index contributed by atoms with van der Waals surface area (Å²) < 4.78 is 0. The summed E-state index contributed by atoms with van der Waals surface area (Å²) in [6.07, 6.45) is 5.95. The Bertz CT molecular complexity index is 517. The van der Waals surface area contributed by atoms with Crippen molar-refractivity contribution < 1.29 is 0 Å². The summed E-state index contributed by atoms with van der Waals surface area (Å²) in [6.45, 7) is 0. The molecule has 1 heterocycles. The van der Waals surface area contributed by atoms with Gasteiger partial charge in [-0.2, -0.15) is 0 Å². The lowest BCUT2D eigenvalue weighted by molar-refractivity contribution is 0.239. The van der Waals surface area contributed by atoms with Crippen LogP contribution in [0.2, 0.25) is 0 Å². The molecule has 0 bridgehead atoms.